The minimum Gasteiger partial charge on any atom is -0.360 e. The third-order valence-corrected chi connectivity index (χ3v) is 2.92. The average Bonchev–Trinajstić information content (AvgIpc) is 3.11. The molecule has 0 aliphatic heterocycles. The largest absolute Gasteiger partial charge is 0.360 e. The van der Waals surface area contributed by atoms with Crippen LogP contribution in [-0.4, -0.2) is 11.1 Å². The summed E-state index contributed by atoms with van der Waals surface area (Å²) in [4.78, 5) is 11.8. The van der Waals surface area contributed by atoms with Crippen molar-refractivity contribution >= 4 is 11.6 Å². The summed E-state index contributed by atoms with van der Waals surface area (Å²) >= 11 is 0. The molecule has 4 nitrogen and oxygen atoms in total. The molecule has 0 spiro atoms. The standard InChI is InChI=1S/C13H10F2N2O2/c14-8-3-4-9(15)10(5-8)16-13(18)11-6-12(19-17-11)7-1-2-7/h3-7H,1-2H2,(H,16,18). The Morgan fingerprint density at radius 1 is 1.32 bits per heavy atom. The van der Waals surface area contributed by atoms with E-state index in [1.54, 1.807) is 0 Å². The van der Waals surface area contributed by atoms with Crippen LogP contribution in [0, 0.1) is 11.6 Å². The number of hydrogen-bond donors (Lipinski definition) is 1. The van der Waals surface area contributed by atoms with E-state index in [0.29, 0.717) is 11.7 Å². The van der Waals surface area contributed by atoms with Crippen molar-refractivity contribution in [2.45, 2.75) is 18.8 Å². The Balaban J connectivity index is 1.77. The summed E-state index contributed by atoms with van der Waals surface area (Å²) < 4.78 is 31.4. The number of hydrogen-bond acceptors (Lipinski definition) is 3. The van der Waals surface area contributed by atoms with Gasteiger partial charge in [0.15, 0.2) is 5.69 Å². The average molecular weight is 264 g/mol. The molecule has 1 heterocycles. The SMILES string of the molecule is O=C(Nc1cc(F)ccc1F)c1cc(C2CC2)on1. The zero-order valence-corrected chi connectivity index (χ0v) is 9.82. The van der Waals surface area contributed by atoms with Crippen LogP contribution in [-0.2, 0) is 0 Å². The minimum absolute atomic E-state index is 0.0607. The zero-order chi connectivity index (χ0) is 13.4. The highest BCUT2D eigenvalue weighted by Gasteiger charge is 2.29. The molecule has 1 fully saturated rings. The van der Waals surface area contributed by atoms with Crippen molar-refractivity contribution in [1.82, 2.24) is 5.16 Å². The second kappa shape index (κ2) is 4.46. The normalized spacial score (nSPS) is 14.4. The first-order chi connectivity index (χ1) is 9.13. The van der Waals surface area contributed by atoms with Crippen molar-refractivity contribution in [3.8, 4) is 0 Å². The summed E-state index contributed by atoms with van der Waals surface area (Å²) in [7, 11) is 0. The highest BCUT2D eigenvalue weighted by Crippen LogP contribution is 2.40. The number of halogens is 2. The van der Waals surface area contributed by atoms with Crippen LogP contribution in [0.1, 0.15) is 35.0 Å². The molecule has 0 bridgehead atoms. The van der Waals surface area contributed by atoms with E-state index in [2.05, 4.69) is 10.5 Å². The zero-order valence-electron chi connectivity index (χ0n) is 9.82. The van der Waals surface area contributed by atoms with Gasteiger partial charge >= 0.3 is 0 Å². The summed E-state index contributed by atoms with van der Waals surface area (Å²) in [5.74, 6) is -0.971. The van der Waals surface area contributed by atoms with Crippen molar-refractivity contribution in [3.63, 3.8) is 0 Å². The number of aromatic nitrogens is 1. The van der Waals surface area contributed by atoms with E-state index < -0.39 is 17.5 Å². The van der Waals surface area contributed by atoms with Gasteiger partial charge in [-0.3, -0.25) is 4.79 Å². The number of benzene rings is 1. The summed E-state index contributed by atoms with van der Waals surface area (Å²) in [5.41, 5.74) is -0.161. The summed E-state index contributed by atoms with van der Waals surface area (Å²) in [6.45, 7) is 0. The fourth-order valence-electron chi connectivity index (χ4n) is 1.74. The van der Waals surface area contributed by atoms with E-state index in [4.69, 9.17) is 4.52 Å². The lowest BCUT2D eigenvalue weighted by Crippen LogP contribution is -2.13. The molecular formula is C13H10F2N2O2. The molecule has 6 heteroatoms. The second-order valence-corrected chi connectivity index (χ2v) is 4.47. The maximum absolute atomic E-state index is 13.4. The molecule has 19 heavy (non-hydrogen) atoms. The van der Waals surface area contributed by atoms with Crippen molar-refractivity contribution < 1.29 is 18.1 Å². The van der Waals surface area contributed by atoms with E-state index in [1.165, 1.54) is 6.07 Å². The van der Waals surface area contributed by atoms with Gasteiger partial charge in [-0.25, -0.2) is 8.78 Å². The van der Waals surface area contributed by atoms with Crippen LogP contribution >= 0.6 is 0 Å². The molecule has 1 amide bonds. The van der Waals surface area contributed by atoms with Crippen LogP contribution < -0.4 is 5.32 Å². The smallest absolute Gasteiger partial charge is 0.277 e. The molecule has 1 aliphatic rings. The van der Waals surface area contributed by atoms with Gasteiger partial charge in [0.1, 0.15) is 17.4 Å². The molecule has 2 aromatic rings. The van der Waals surface area contributed by atoms with Gasteiger partial charge in [0.05, 0.1) is 5.69 Å². The first-order valence-corrected chi connectivity index (χ1v) is 5.86. The van der Waals surface area contributed by atoms with Crippen LogP contribution in [0.3, 0.4) is 0 Å². The number of nitrogens with one attached hydrogen (secondary N) is 1. The van der Waals surface area contributed by atoms with Crippen molar-refractivity contribution in [3.05, 3.63) is 47.4 Å². The Bertz CT molecular complexity index is 635. The lowest BCUT2D eigenvalue weighted by molar-refractivity contribution is 0.101. The van der Waals surface area contributed by atoms with Crippen LogP contribution in [0.5, 0.6) is 0 Å². The summed E-state index contributed by atoms with van der Waals surface area (Å²) in [6, 6.07) is 4.37. The predicted molar refractivity (Wildman–Crippen MR) is 62.8 cm³/mol. The molecule has 0 saturated heterocycles. The highest BCUT2D eigenvalue weighted by molar-refractivity contribution is 6.02. The Morgan fingerprint density at radius 3 is 2.84 bits per heavy atom. The fourth-order valence-corrected chi connectivity index (χ4v) is 1.74. The molecule has 1 N–H and O–H groups in total. The number of carbonyl (C=O) groups is 1. The van der Waals surface area contributed by atoms with Gasteiger partial charge in [-0.1, -0.05) is 5.16 Å². The summed E-state index contributed by atoms with van der Waals surface area (Å²) in [5, 5.41) is 5.89. The molecule has 0 radical (unpaired) electrons. The monoisotopic (exact) mass is 264 g/mol. The molecule has 1 aromatic heterocycles. The van der Waals surface area contributed by atoms with E-state index in [0.717, 1.165) is 31.0 Å². The van der Waals surface area contributed by atoms with Gasteiger partial charge in [-0.15, -0.1) is 0 Å². The van der Waals surface area contributed by atoms with Crippen LogP contribution in [0.4, 0.5) is 14.5 Å². The third-order valence-electron chi connectivity index (χ3n) is 2.92. The van der Waals surface area contributed by atoms with E-state index in [1.807, 2.05) is 0 Å². The van der Waals surface area contributed by atoms with Crippen LogP contribution in [0.15, 0.2) is 28.8 Å². The van der Waals surface area contributed by atoms with Crippen molar-refractivity contribution in [2.75, 3.05) is 5.32 Å². The molecule has 0 unspecified atom stereocenters. The first-order valence-electron chi connectivity index (χ1n) is 5.86. The Hall–Kier alpha value is -2.24. The number of anilines is 1. The lowest BCUT2D eigenvalue weighted by atomic mass is 10.2. The summed E-state index contributed by atoms with van der Waals surface area (Å²) in [6.07, 6.45) is 2.05. The molecule has 0 atom stereocenters. The van der Waals surface area contributed by atoms with Crippen molar-refractivity contribution in [2.24, 2.45) is 0 Å². The van der Waals surface area contributed by atoms with Crippen molar-refractivity contribution in [1.29, 1.82) is 0 Å². The third kappa shape index (κ3) is 2.47. The molecular weight excluding hydrogens is 254 g/mol. The second-order valence-electron chi connectivity index (χ2n) is 4.47. The number of amides is 1. The van der Waals surface area contributed by atoms with Gasteiger partial charge < -0.3 is 9.84 Å². The van der Waals surface area contributed by atoms with Crippen LogP contribution in [0.25, 0.3) is 0 Å². The van der Waals surface area contributed by atoms with Gasteiger partial charge in [0.25, 0.3) is 5.91 Å². The van der Waals surface area contributed by atoms with E-state index in [9.17, 15) is 13.6 Å². The van der Waals surface area contributed by atoms with Gasteiger partial charge in [0.2, 0.25) is 0 Å². The van der Waals surface area contributed by atoms with Gasteiger partial charge in [0, 0.05) is 18.1 Å². The molecule has 98 valence electrons. The van der Waals surface area contributed by atoms with Crippen LogP contribution in [0.2, 0.25) is 0 Å². The molecule has 1 aliphatic carbocycles. The lowest BCUT2D eigenvalue weighted by Gasteiger charge is -2.03. The highest BCUT2D eigenvalue weighted by atomic mass is 19.1. The van der Waals surface area contributed by atoms with Gasteiger partial charge in [-0.05, 0) is 25.0 Å². The Labute approximate surface area is 107 Å². The maximum Gasteiger partial charge on any atom is 0.277 e. The number of carbonyl (C=O) groups excluding carboxylic acids is 1. The van der Waals surface area contributed by atoms with E-state index >= 15 is 0 Å². The minimum atomic E-state index is -0.708. The molecule has 1 saturated carbocycles. The Kier molecular flexibility index (Phi) is 2.77. The molecule has 1 aromatic carbocycles. The van der Waals surface area contributed by atoms with Gasteiger partial charge in [-0.2, -0.15) is 0 Å². The molecule has 3 rings (SSSR count). The topological polar surface area (TPSA) is 55.1 Å². The quantitative estimate of drug-likeness (QED) is 0.926. The number of rotatable bonds is 3. The fraction of sp³-hybridized carbons (Fsp3) is 0.231. The maximum atomic E-state index is 13.4. The first kappa shape index (κ1) is 11.8. The predicted octanol–water partition coefficient (Wildman–Crippen LogP) is 3.08. The number of nitrogens with zero attached hydrogens (tertiary/aromatic N) is 1. The Morgan fingerprint density at radius 2 is 2.11 bits per heavy atom. The van der Waals surface area contributed by atoms with E-state index in [-0.39, 0.29) is 11.4 Å².